The first kappa shape index (κ1) is 17.3. The van der Waals surface area contributed by atoms with Gasteiger partial charge in [-0.15, -0.1) is 0 Å². The normalized spacial score (nSPS) is 18.5. The number of carbonyl (C=O) groups excluding carboxylic acids is 1. The van der Waals surface area contributed by atoms with Crippen LogP contribution in [-0.2, 0) is 4.74 Å². The summed E-state index contributed by atoms with van der Waals surface area (Å²) in [7, 11) is 0. The van der Waals surface area contributed by atoms with E-state index in [1.807, 2.05) is 0 Å². The maximum atomic E-state index is 14.2. The van der Waals surface area contributed by atoms with Gasteiger partial charge in [-0.2, -0.15) is 0 Å². The van der Waals surface area contributed by atoms with Crippen LogP contribution in [0.3, 0.4) is 0 Å². The third kappa shape index (κ3) is 4.97. The number of ether oxygens (including phenoxy) is 1. The molecule has 0 bridgehead atoms. The van der Waals surface area contributed by atoms with Crippen LogP contribution >= 0.6 is 0 Å². The first-order valence-corrected chi connectivity index (χ1v) is 7.52. The molecule has 5 nitrogen and oxygen atoms in total. The average molecular weight is 327 g/mol. The Kier molecular flexibility index (Phi) is 4.68. The van der Waals surface area contributed by atoms with Crippen molar-refractivity contribution >= 4 is 17.5 Å². The number of nitrogens with two attached hydrogens (primary N) is 1. The number of anilines is 2. The zero-order valence-corrected chi connectivity index (χ0v) is 13.7. The number of nitrogen functional groups attached to an aromatic ring is 1. The molecule has 0 spiro atoms. The van der Waals surface area contributed by atoms with Crippen molar-refractivity contribution in [3.05, 3.63) is 24.3 Å². The Balaban J connectivity index is 2.12. The van der Waals surface area contributed by atoms with Gasteiger partial charge in [0, 0.05) is 24.5 Å². The second-order valence-electron chi connectivity index (χ2n) is 6.77. The van der Waals surface area contributed by atoms with E-state index in [-0.39, 0.29) is 6.54 Å². The molecule has 0 saturated carbocycles. The van der Waals surface area contributed by atoms with Crippen LogP contribution in [-0.4, -0.2) is 48.7 Å². The molecule has 1 aliphatic rings. The van der Waals surface area contributed by atoms with Gasteiger partial charge in [0.25, 0.3) is 5.92 Å². The van der Waals surface area contributed by atoms with Gasteiger partial charge in [-0.1, -0.05) is 0 Å². The van der Waals surface area contributed by atoms with E-state index in [9.17, 15) is 13.6 Å². The monoisotopic (exact) mass is 327 g/mol. The highest BCUT2D eigenvalue weighted by Crippen LogP contribution is 2.26. The van der Waals surface area contributed by atoms with Crippen LogP contribution in [0.1, 0.15) is 20.8 Å². The van der Waals surface area contributed by atoms with E-state index in [2.05, 4.69) is 0 Å². The number of rotatable bonds is 1. The van der Waals surface area contributed by atoms with Crippen molar-refractivity contribution in [2.24, 2.45) is 0 Å². The average Bonchev–Trinajstić information content (AvgIpc) is 2.56. The van der Waals surface area contributed by atoms with Crippen LogP contribution in [0.25, 0.3) is 0 Å². The minimum Gasteiger partial charge on any atom is -0.444 e. The first-order valence-electron chi connectivity index (χ1n) is 7.52. The van der Waals surface area contributed by atoms with Crippen LogP contribution in [0.15, 0.2) is 24.3 Å². The molecule has 0 atom stereocenters. The zero-order chi connectivity index (χ0) is 17.3. The molecule has 2 rings (SSSR count). The molecule has 1 aromatic rings. The van der Waals surface area contributed by atoms with Crippen LogP contribution in [0.5, 0.6) is 0 Å². The highest BCUT2D eigenvalue weighted by atomic mass is 19.3. The minimum absolute atomic E-state index is 0.175. The molecule has 1 heterocycles. The van der Waals surface area contributed by atoms with Crippen molar-refractivity contribution in [1.29, 1.82) is 0 Å². The van der Waals surface area contributed by atoms with Gasteiger partial charge in [0.1, 0.15) is 5.60 Å². The molecular weight excluding hydrogens is 304 g/mol. The fourth-order valence-corrected chi connectivity index (χ4v) is 2.40. The molecule has 0 radical (unpaired) electrons. The standard InChI is InChI=1S/C16H23F2N3O2/c1-15(2,3)23-14(22)21-9-8-20(10-16(17,18)11-21)13-6-4-12(19)5-7-13/h4-7H,8-11,19H2,1-3H3. The quantitative estimate of drug-likeness (QED) is 0.806. The van der Waals surface area contributed by atoms with E-state index in [0.717, 1.165) is 4.90 Å². The second-order valence-corrected chi connectivity index (χ2v) is 6.77. The van der Waals surface area contributed by atoms with Gasteiger partial charge in [-0.25, -0.2) is 13.6 Å². The van der Waals surface area contributed by atoms with E-state index in [1.54, 1.807) is 49.9 Å². The fraction of sp³-hybridized carbons (Fsp3) is 0.562. The van der Waals surface area contributed by atoms with Crippen molar-refractivity contribution in [3.8, 4) is 0 Å². The number of carbonyl (C=O) groups is 1. The SMILES string of the molecule is CC(C)(C)OC(=O)N1CCN(c2ccc(N)cc2)CC(F)(F)C1. The summed E-state index contributed by atoms with van der Waals surface area (Å²) in [6.07, 6.45) is -0.712. The van der Waals surface area contributed by atoms with E-state index in [1.165, 1.54) is 0 Å². The summed E-state index contributed by atoms with van der Waals surface area (Å²) in [6, 6.07) is 6.75. The third-order valence-corrected chi connectivity index (χ3v) is 3.39. The topological polar surface area (TPSA) is 58.8 Å². The highest BCUT2D eigenvalue weighted by molar-refractivity contribution is 5.68. The smallest absolute Gasteiger partial charge is 0.410 e. The summed E-state index contributed by atoms with van der Waals surface area (Å²) >= 11 is 0. The summed E-state index contributed by atoms with van der Waals surface area (Å²) in [6.45, 7) is 4.52. The highest BCUT2D eigenvalue weighted by Gasteiger charge is 2.39. The number of hydrogen-bond donors (Lipinski definition) is 1. The van der Waals surface area contributed by atoms with E-state index >= 15 is 0 Å². The second kappa shape index (κ2) is 6.22. The first-order chi connectivity index (χ1) is 10.6. The Morgan fingerprint density at radius 1 is 1.17 bits per heavy atom. The van der Waals surface area contributed by atoms with Gasteiger partial charge in [0.05, 0.1) is 13.1 Å². The summed E-state index contributed by atoms with van der Waals surface area (Å²) in [5.41, 5.74) is 6.14. The Bertz CT molecular complexity index is 555. The lowest BCUT2D eigenvalue weighted by molar-refractivity contribution is -0.0284. The number of halogens is 2. The minimum atomic E-state index is -3.02. The van der Waals surface area contributed by atoms with Gasteiger partial charge in [-0.05, 0) is 45.0 Å². The third-order valence-electron chi connectivity index (χ3n) is 3.39. The maximum Gasteiger partial charge on any atom is 0.410 e. The predicted molar refractivity (Wildman–Crippen MR) is 85.8 cm³/mol. The van der Waals surface area contributed by atoms with E-state index in [4.69, 9.17) is 10.5 Å². The molecule has 2 N–H and O–H groups in total. The van der Waals surface area contributed by atoms with E-state index in [0.29, 0.717) is 17.9 Å². The van der Waals surface area contributed by atoms with Gasteiger partial charge in [-0.3, -0.25) is 0 Å². The number of nitrogens with zero attached hydrogens (tertiary/aromatic N) is 2. The lowest BCUT2D eigenvalue weighted by Crippen LogP contribution is -2.44. The van der Waals surface area contributed by atoms with Crippen molar-refractivity contribution in [2.45, 2.75) is 32.3 Å². The number of hydrogen-bond acceptors (Lipinski definition) is 4. The Hall–Kier alpha value is -2.05. The number of benzene rings is 1. The molecular formula is C16H23F2N3O2. The van der Waals surface area contributed by atoms with Crippen molar-refractivity contribution in [3.63, 3.8) is 0 Å². The number of amides is 1. The lowest BCUT2D eigenvalue weighted by atomic mass is 10.2. The Morgan fingerprint density at radius 2 is 1.78 bits per heavy atom. The van der Waals surface area contributed by atoms with Crippen molar-refractivity contribution < 1.29 is 18.3 Å². The lowest BCUT2D eigenvalue weighted by Gasteiger charge is -2.27. The molecule has 1 saturated heterocycles. The molecule has 0 aliphatic carbocycles. The summed E-state index contributed by atoms with van der Waals surface area (Å²) in [4.78, 5) is 14.7. The molecule has 0 unspecified atom stereocenters. The molecule has 1 fully saturated rings. The van der Waals surface area contributed by atoms with Crippen LogP contribution in [0, 0.1) is 0 Å². The van der Waals surface area contributed by atoms with Crippen molar-refractivity contribution in [2.75, 3.05) is 36.8 Å². The summed E-state index contributed by atoms with van der Waals surface area (Å²) in [5.74, 6) is -3.02. The van der Waals surface area contributed by atoms with E-state index < -0.39 is 30.7 Å². The fourth-order valence-electron chi connectivity index (χ4n) is 2.40. The van der Waals surface area contributed by atoms with Crippen molar-refractivity contribution in [1.82, 2.24) is 4.90 Å². The predicted octanol–water partition coefficient (Wildman–Crippen LogP) is 2.96. The molecule has 0 aromatic heterocycles. The zero-order valence-electron chi connectivity index (χ0n) is 13.7. The molecule has 23 heavy (non-hydrogen) atoms. The van der Waals surface area contributed by atoms with Gasteiger partial charge in [0.2, 0.25) is 0 Å². The molecule has 1 aromatic carbocycles. The van der Waals surface area contributed by atoms with Crippen LogP contribution in [0.4, 0.5) is 25.0 Å². The molecule has 128 valence electrons. The molecule has 7 heteroatoms. The molecule has 1 amide bonds. The van der Waals surface area contributed by atoms with Gasteiger partial charge < -0.3 is 20.3 Å². The number of alkyl halides is 2. The largest absolute Gasteiger partial charge is 0.444 e. The van der Waals surface area contributed by atoms with Gasteiger partial charge in [0.15, 0.2) is 0 Å². The summed E-state index contributed by atoms with van der Waals surface area (Å²) < 4.78 is 33.6. The maximum absolute atomic E-state index is 14.2. The molecule has 1 aliphatic heterocycles. The summed E-state index contributed by atoms with van der Waals surface area (Å²) in [5, 5.41) is 0. The van der Waals surface area contributed by atoms with Crippen LogP contribution < -0.4 is 10.6 Å². The van der Waals surface area contributed by atoms with Gasteiger partial charge >= 0.3 is 6.09 Å². The Morgan fingerprint density at radius 3 is 2.35 bits per heavy atom. The van der Waals surface area contributed by atoms with Crippen LogP contribution in [0.2, 0.25) is 0 Å². The Labute approximate surface area is 135 Å².